The number of morpholine rings is 1. The molecule has 0 aromatic carbocycles. The molecule has 2 fully saturated rings. The quantitative estimate of drug-likeness (QED) is 0.854. The fourth-order valence-corrected chi connectivity index (χ4v) is 2.86. The van der Waals surface area contributed by atoms with Crippen molar-refractivity contribution in [2.24, 2.45) is 0 Å². The van der Waals surface area contributed by atoms with Crippen LogP contribution in [0.15, 0.2) is 12.5 Å². The molecule has 2 atom stereocenters. The molecule has 18 heavy (non-hydrogen) atoms. The van der Waals surface area contributed by atoms with E-state index in [4.69, 9.17) is 9.47 Å². The molecule has 0 saturated carbocycles. The Morgan fingerprint density at radius 3 is 3.17 bits per heavy atom. The molecule has 100 valence electrons. The lowest BCUT2D eigenvalue weighted by molar-refractivity contribution is -0.00752. The molecule has 2 unspecified atom stereocenters. The minimum atomic E-state index is 0.0187. The molecule has 0 amide bonds. The SMILES string of the molecule is CC1(n2cncc2C2CNCCO2)CCCOC1. The highest BCUT2D eigenvalue weighted by molar-refractivity contribution is 5.09. The first kappa shape index (κ1) is 12.1. The Labute approximate surface area is 107 Å². The second-order valence-corrected chi connectivity index (χ2v) is 5.41. The smallest absolute Gasteiger partial charge is 0.111 e. The summed E-state index contributed by atoms with van der Waals surface area (Å²) in [5.74, 6) is 0. The van der Waals surface area contributed by atoms with E-state index in [-0.39, 0.29) is 11.6 Å². The second kappa shape index (κ2) is 4.99. The van der Waals surface area contributed by atoms with Crippen LogP contribution in [0.5, 0.6) is 0 Å². The Kier molecular flexibility index (Phi) is 3.37. The van der Waals surface area contributed by atoms with Crippen molar-refractivity contribution in [3.8, 4) is 0 Å². The fraction of sp³-hybridized carbons (Fsp3) is 0.769. The Bertz CT molecular complexity index is 393. The van der Waals surface area contributed by atoms with Gasteiger partial charge in [0.2, 0.25) is 0 Å². The third-order valence-corrected chi connectivity index (χ3v) is 3.92. The molecule has 0 spiro atoms. The van der Waals surface area contributed by atoms with Crippen LogP contribution in [0.2, 0.25) is 0 Å². The zero-order valence-electron chi connectivity index (χ0n) is 10.9. The van der Waals surface area contributed by atoms with E-state index in [9.17, 15) is 0 Å². The van der Waals surface area contributed by atoms with Crippen LogP contribution < -0.4 is 5.32 Å². The normalized spacial score (nSPS) is 33.5. The number of nitrogens with one attached hydrogen (secondary N) is 1. The summed E-state index contributed by atoms with van der Waals surface area (Å²) in [6, 6.07) is 0. The third kappa shape index (κ3) is 2.18. The lowest BCUT2D eigenvalue weighted by Crippen LogP contribution is -2.42. The summed E-state index contributed by atoms with van der Waals surface area (Å²) in [7, 11) is 0. The molecule has 3 rings (SSSR count). The first-order valence-corrected chi connectivity index (χ1v) is 6.72. The van der Waals surface area contributed by atoms with Gasteiger partial charge in [0.05, 0.1) is 37.0 Å². The van der Waals surface area contributed by atoms with E-state index < -0.39 is 0 Å². The van der Waals surface area contributed by atoms with Crippen LogP contribution in [0.3, 0.4) is 0 Å². The molecule has 1 aromatic rings. The van der Waals surface area contributed by atoms with E-state index in [0.29, 0.717) is 0 Å². The lowest BCUT2D eigenvalue weighted by atomic mass is 9.94. The Hall–Kier alpha value is -0.910. The number of imidazole rings is 1. The van der Waals surface area contributed by atoms with Crippen molar-refractivity contribution in [2.45, 2.75) is 31.4 Å². The van der Waals surface area contributed by atoms with Crippen LogP contribution in [0, 0.1) is 0 Å². The molecule has 5 heteroatoms. The van der Waals surface area contributed by atoms with Crippen molar-refractivity contribution >= 4 is 0 Å². The zero-order valence-corrected chi connectivity index (χ0v) is 10.9. The standard InChI is InChI=1S/C13H21N3O2/c1-13(3-2-5-17-9-13)16-10-15-7-11(16)12-8-14-4-6-18-12/h7,10,12,14H,2-6,8-9H2,1H3. The average Bonchev–Trinajstić information content (AvgIpc) is 2.91. The van der Waals surface area contributed by atoms with Gasteiger partial charge in [-0.1, -0.05) is 0 Å². The minimum Gasteiger partial charge on any atom is -0.379 e. The van der Waals surface area contributed by atoms with Gasteiger partial charge in [0.25, 0.3) is 0 Å². The van der Waals surface area contributed by atoms with Gasteiger partial charge in [-0.3, -0.25) is 0 Å². The Morgan fingerprint density at radius 2 is 2.44 bits per heavy atom. The van der Waals surface area contributed by atoms with Gasteiger partial charge in [0.1, 0.15) is 6.10 Å². The number of rotatable bonds is 2. The third-order valence-electron chi connectivity index (χ3n) is 3.92. The molecule has 0 aliphatic carbocycles. The first-order valence-electron chi connectivity index (χ1n) is 6.72. The molecule has 5 nitrogen and oxygen atoms in total. The van der Waals surface area contributed by atoms with Gasteiger partial charge in [-0.2, -0.15) is 0 Å². The van der Waals surface area contributed by atoms with E-state index in [1.165, 1.54) is 0 Å². The van der Waals surface area contributed by atoms with Gasteiger partial charge in [-0.15, -0.1) is 0 Å². The lowest BCUT2D eigenvalue weighted by Gasteiger charge is -2.37. The molecule has 0 bridgehead atoms. The monoisotopic (exact) mass is 251 g/mol. The number of hydrogen-bond acceptors (Lipinski definition) is 4. The molecule has 2 saturated heterocycles. The number of ether oxygens (including phenoxy) is 2. The molecule has 1 aromatic heterocycles. The predicted molar refractivity (Wildman–Crippen MR) is 67.5 cm³/mol. The van der Waals surface area contributed by atoms with E-state index in [1.807, 2.05) is 12.5 Å². The molecule has 1 N–H and O–H groups in total. The van der Waals surface area contributed by atoms with Crippen molar-refractivity contribution in [3.63, 3.8) is 0 Å². The first-order chi connectivity index (χ1) is 8.80. The predicted octanol–water partition coefficient (Wildman–Crippen LogP) is 1.07. The Morgan fingerprint density at radius 1 is 1.50 bits per heavy atom. The van der Waals surface area contributed by atoms with E-state index in [0.717, 1.165) is 51.4 Å². The maximum Gasteiger partial charge on any atom is 0.111 e. The minimum absolute atomic E-state index is 0.0187. The number of hydrogen-bond donors (Lipinski definition) is 1. The highest BCUT2D eigenvalue weighted by atomic mass is 16.5. The largest absolute Gasteiger partial charge is 0.379 e. The van der Waals surface area contributed by atoms with Crippen molar-refractivity contribution in [1.29, 1.82) is 0 Å². The van der Waals surface area contributed by atoms with Crippen molar-refractivity contribution in [3.05, 3.63) is 18.2 Å². The van der Waals surface area contributed by atoms with E-state index >= 15 is 0 Å². The highest BCUT2D eigenvalue weighted by Gasteiger charge is 2.33. The maximum absolute atomic E-state index is 5.83. The van der Waals surface area contributed by atoms with Crippen LogP contribution in [-0.2, 0) is 15.0 Å². The van der Waals surface area contributed by atoms with Crippen LogP contribution in [0.25, 0.3) is 0 Å². The number of aromatic nitrogens is 2. The summed E-state index contributed by atoms with van der Waals surface area (Å²) in [5, 5.41) is 3.37. The summed E-state index contributed by atoms with van der Waals surface area (Å²) in [5.41, 5.74) is 1.18. The van der Waals surface area contributed by atoms with Gasteiger partial charge in [0.15, 0.2) is 0 Å². The summed E-state index contributed by atoms with van der Waals surface area (Å²) in [4.78, 5) is 4.32. The summed E-state index contributed by atoms with van der Waals surface area (Å²) in [6.07, 6.45) is 6.20. The molecule has 2 aliphatic heterocycles. The van der Waals surface area contributed by atoms with Crippen molar-refractivity contribution in [1.82, 2.24) is 14.9 Å². The molecular weight excluding hydrogens is 230 g/mol. The van der Waals surface area contributed by atoms with E-state index in [2.05, 4.69) is 21.8 Å². The van der Waals surface area contributed by atoms with Gasteiger partial charge in [-0.25, -0.2) is 4.98 Å². The van der Waals surface area contributed by atoms with Crippen LogP contribution in [-0.4, -0.2) is 42.5 Å². The Balaban J connectivity index is 1.85. The van der Waals surface area contributed by atoms with Crippen molar-refractivity contribution in [2.75, 3.05) is 32.9 Å². The van der Waals surface area contributed by atoms with Crippen LogP contribution in [0.1, 0.15) is 31.6 Å². The second-order valence-electron chi connectivity index (χ2n) is 5.41. The summed E-state index contributed by atoms with van der Waals surface area (Å²) < 4.78 is 13.7. The van der Waals surface area contributed by atoms with Gasteiger partial charge < -0.3 is 19.4 Å². The molecule has 0 radical (unpaired) electrons. The molecule has 2 aliphatic rings. The molecular formula is C13H21N3O2. The summed E-state index contributed by atoms with van der Waals surface area (Å²) in [6.45, 7) is 6.45. The van der Waals surface area contributed by atoms with Crippen LogP contribution >= 0.6 is 0 Å². The summed E-state index contributed by atoms with van der Waals surface area (Å²) >= 11 is 0. The van der Waals surface area contributed by atoms with E-state index in [1.54, 1.807) is 0 Å². The van der Waals surface area contributed by atoms with Gasteiger partial charge in [0, 0.05) is 19.7 Å². The van der Waals surface area contributed by atoms with Crippen LogP contribution in [0.4, 0.5) is 0 Å². The zero-order chi connectivity index (χ0) is 12.4. The van der Waals surface area contributed by atoms with Gasteiger partial charge >= 0.3 is 0 Å². The fourth-order valence-electron chi connectivity index (χ4n) is 2.86. The topological polar surface area (TPSA) is 48.3 Å². The average molecular weight is 251 g/mol. The van der Waals surface area contributed by atoms with Crippen molar-refractivity contribution < 1.29 is 9.47 Å². The number of nitrogens with zero attached hydrogens (tertiary/aromatic N) is 2. The highest BCUT2D eigenvalue weighted by Crippen LogP contribution is 2.31. The molecule has 3 heterocycles. The van der Waals surface area contributed by atoms with Gasteiger partial charge in [-0.05, 0) is 19.8 Å². The maximum atomic E-state index is 5.83.